The topological polar surface area (TPSA) is 76.4 Å². The molecule has 1 aliphatic heterocycles. The molecule has 1 unspecified atom stereocenters. The molecule has 1 atom stereocenters. The summed E-state index contributed by atoms with van der Waals surface area (Å²) in [6.45, 7) is 9.22. The minimum atomic E-state index is 0. The molecule has 7 nitrogen and oxygen atoms in total. The summed E-state index contributed by atoms with van der Waals surface area (Å²) in [6, 6.07) is 6.45. The Morgan fingerprint density at radius 3 is 2.59 bits per heavy atom. The molecule has 0 aliphatic carbocycles. The van der Waals surface area contributed by atoms with E-state index < -0.39 is 0 Å². The van der Waals surface area contributed by atoms with Gasteiger partial charge in [-0.3, -0.25) is 0 Å². The lowest BCUT2D eigenvalue weighted by Crippen LogP contribution is -2.42. The number of benzene rings is 1. The van der Waals surface area contributed by atoms with Gasteiger partial charge < -0.3 is 19.9 Å². The van der Waals surface area contributed by atoms with E-state index in [0.717, 1.165) is 56.6 Å². The van der Waals surface area contributed by atoms with E-state index in [4.69, 9.17) is 9.73 Å². The Morgan fingerprint density at radius 1 is 1.21 bits per heavy atom. The Balaban J connectivity index is 0.00000300. The maximum absolute atomic E-state index is 5.72. The summed E-state index contributed by atoms with van der Waals surface area (Å²) in [5.74, 6) is 2.54. The maximum Gasteiger partial charge on any atom is 0.191 e. The molecule has 160 valence electrons. The molecule has 0 saturated carbocycles. The van der Waals surface area contributed by atoms with Crippen molar-refractivity contribution in [3.63, 3.8) is 0 Å². The molecule has 3 rings (SSSR count). The van der Waals surface area contributed by atoms with Crippen LogP contribution in [0.4, 0.5) is 0 Å². The van der Waals surface area contributed by atoms with Crippen LogP contribution in [0.2, 0.25) is 0 Å². The molecule has 2 heterocycles. The summed E-state index contributed by atoms with van der Waals surface area (Å²) in [7, 11) is 1.97. The highest BCUT2D eigenvalue weighted by Gasteiger charge is 2.16. The van der Waals surface area contributed by atoms with Crippen molar-refractivity contribution in [2.45, 2.75) is 52.7 Å². The minimum Gasteiger partial charge on any atom is -0.376 e. The Hall–Kier alpha value is -1.68. The summed E-state index contributed by atoms with van der Waals surface area (Å²) in [5.41, 5.74) is 4.07. The molecule has 8 heteroatoms. The summed E-state index contributed by atoms with van der Waals surface area (Å²) < 4.78 is 7.69. The summed E-state index contributed by atoms with van der Waals surface area (Å²) in [5, 5.41) is 15.2. The second-order valence-corrected chi connectivity index (χ2v) is 7.45. The highest BCUT2D eigenvalue weighted by molar-refractivity contribution is 14.0. The first-order chi connectivity index (χ1) is 13.5. The fraction of sp³-hybridized carbons (Fsp3) is 0.571. The summed E-state index contributed by atoms with van der Waals surface area (Å²) in [4.78, 5) is 4.72. The van der Waals surface area contributed by atoms with E-state index in [2.05, 4.69) is 52.9 Å². The minimum absolute atomic E-state index is 0. The zero-order valence-electron chi connectivity index (χ0n) is 17.9. The lowest BCUT2D eigenvalue weighted by molar-refractivity contribution is 0.114. The number of rotatable bonds is 7. The monoisotopic (exact) mass is 512 g/mol. The van der Waals surface area contributed by atoms with Gasteiger partial charge in [0.2, 0.25) is 0 Å². The van der Waals surface area contributed by atoms with E-state index in [-0.39, 0.29) is 30.1 Å². The van der Waals surface area contributed by atoms with Gasteiger partial charge in [0.1, 0.15) is 12.4 Å². The van der Waals surface area contributed by atoms with Gasteiger partial charge in [-0.1, -0.05) is 18.2 Å². The van der Waals surface area contributed by atoms with E-state index in [1.165, 1.54) is 16.7 Å². The number of nitrogens with zero attached hydrogens (tertiary/aromatic N) is 4. The van der Waals surface area contributed by atoms with Crippen LogP contribution >= 0.6 is 24.0 Å². The van der Waals surface area contributed by atoms with E-state index in [0.29, 0.717) is 6.54 Å². The average Bonchev–Trinajstić information content (AvgIpc) is 3.30. The average molecular weight is 512 g/mol. The highest BCUT2D eigenvalue weighted by Crippen LogP contribution is 2.13. The predicted octanol–water partition coefficient (Wildman–Crippen LogP) is 2.82. The van der Waals surface area contributed by atoms with Crippen molar-refractivity contribution in [3.05, 3.63) is 46.5 Å². The molecule has 29 heavy (non-hydrogen) atoms. The molecule has 1 fully saturated rings. The highest BCUT2D eigenvalue weighted by atomic mass is 127. The lowest BCUT2D eigenvalue weighted by Gasteiger charge is -2.16. The Bertz CT molecular complexity index is 793. The molecule has 0 amide bonds. The number of ether oxygens (including phenoxy) is 1. The van der Waals surface area contributed by atoms with Crippen molar-refractivity contribution in [1.29, 1.82) is 0 Å². The van der Waals surface area contributed by atoms with Crippen LogP contribution in [0.1, 0.15) is 41.2 Å². The quantitative estimate of drug-likeness (QED) is 0.339. The molecule has 0 bridgehead atoms. The van der Waals surface area contributed by atoms with Crippen LogP contribution in [0.3, 0.4) is 0 Å². The van der Waals surface area contributed by atoms with Gasteiger partial charge in [-0.05, 0) is 56.7 Å². The number of aliphatic imine (C=N–C) groups is 1. The number of nitrogens with one attached hydrogen (secondary N) is 2. The number of hydrogen-bond donors (Lipinski definition) is 2. The smallest absolute Gasteiger partial charge is 0.191 e. The number of hydrogen-bond acceptors (Lipinski definition) is 4. The third kappa shape index (κ3) is 6.67. The molecular weight excluding hydrogens is 479 g/mol. The molecule has 1 aromatic carbocycles. The van der Waals surface area contributed by atoms with E-state index in [1.54, 1.807) is 0 Å². The molecular formula is C21H33IN6O. The third-order valence-electron chi connectivity index (χ3n) is 5.39. The molecule has 0 spiro atoms. The van der Waals surface area contributed by atoms with Gasteiger partial charge in [-0.2, -0.15) is 0 Å². The SMILES string of the molecule is Cc1cccc(C)c1CCNC(=NCc1nnc(C)n1C)NCC1CCCO1.I. The van der Waals surface area contributed by atoms with Gasteiger partial charge in [0.05, 0.1) is 6.10 Å². The van der Waals surface area contributed by atoms with Gasteiger partial charge in [0.15, 0.2) is 11.8 Å². The van der Waals surface area contributed by atoms with Gasteiger partial charge in [0.25, 0.3) is 0 Å². The fourth-order valence-electron chi connectivity index (χ4n) is 3.48. The zero-order valence-corrected chi connectivity index (χ0v) is 20.2. The van der Waals surface area contributed by atoms with Gasteiger partial charge >= 0.3 is 0 Å². The number of aryl methyl sites for hydroxylation is 3. The molecule has 2 N–H and O–H groups in total. The first-order valence-corrected chi connectivity index (χ1v) is 10.1. The van der Waals surface area contributed by atoms with Crippen molar-refractivity contribution >= 4 is 29.9 Å². The van der Waals surface area contributed by atoms with Crippen LogP contribution in [0.25, 0.3) is 0 Å². The van der Waals surface area contributed by atoms with Crippen molar-refractivity contribution in [1.82, 2.24) is 25.4 Å². The van der Waals surface area contributed by atoms with Crippen molar-refractivity contribution in [2.24, 2.45) is 12.0 Å². The second-order valence-electron chi connectivity index (χ2n) is 7.45. The third-order valence-corrected chi connectivity index (χ3v) is 5.39. The van der Waals surface area contributed by atoms with Crippen molar-refractivity contribution < 1.29 is 4.74 Å². The van der Waals surface area contributed by atoms with E-state index >= 15 is 0 Å². The molecule has 0 radical (unpaired) electrons. The summed E-state index contributed by atoms with van der Waals surface area (Å²) >= 11 is 0. The normalized spacial score (nSPS) is 16.6. The van der Waals surface area contributed by atoms with Crippen LogP contribution in [-0.2, 0) is 24.8 Å². The van der Waals surface area contributed by atoms with Crippen LogP contribution in [-0.4, -0.2) is 46.5 Å². The van der Waals surface area contributed by atoms with E-state index in [9.17, 15) is 0 Å². The molecule has 1 aromatic heterocycles. The molecule has 2 aromatic rings. The van der Waals surface area contributed by atoms with Crippen molar-refractivity contribution in [3.8, 4) is 0 Å². The van der Waals surface area contributed by atoms with Crippen LogP contribution in [0.15, 0.2) is 23.2 Å². The standard InChI is InChI=1S/C21H32N6O.HI/c1-15-7-5-8-16(2)19(15)10-11-22-21(23-13-18-9-6-12-28-18)24-14-20-26-25-17(3)27(20)4;/h5,7-8,18H,6,9-14H2,1-4H3,(H2,22,23,24);1H. The van der Waals surface area contributed by atoms with Crippen LogP contribution in [0.5, 0.6) is 0 Å². The number of halogens is 1. The molecule has 1 saturated heterocycles. The van der Waals surface area contributed by atoms with Gasteiger partial charge in [-0.25, -0.2) is 4.99 Å². The fourth-order valence-corrected chi connectivity index (χ4v) is 3.48. The summed E-state index contributed by atoms with van der Waals surface area (Å²) in [6.07, 6.45) is 3.47. The Kier molecular flexibility index (Phi) is 9.35. The maximum atomic E-state index is 5.72. The largest absolute Gasteiger partial charge is 0.376 e. The van der Waals surface area contributed by atoms with Crippen LogP contribution in [0, 0.1) is 20.8 Å². The van der Waals surface area contributed by atoms with Gasteiger partial charge in [0, 0.05) is 26.7 Å². The second kappa shape index (κ2) is 11.5. The zero-order chi connectivity index (χ0) is 19.9. The first kappa shape index (κ1) is 23.6. The van der Waals surface area contributed by atoms with Gasteiger partial charge in [-0.15, -0.1) is 34.2 Å². The number of guanidine groups is 1. The van der Waals surface area contributed by atoms with Crippen LogP contribution < -0.4 is 10.6 Å². The van der Waals surface area contributed by atoms with E-state index in [1.807, 2.05) is 18.5 Å². The van der Waals surface area contributed by atoms with Crippen molar-refractivity contribution in [2.75, 3.05) is 19.7 Å². The first-order valence-electron chi connectivity index (χ1n) is 10.1. The predicted molar refractivity (Wildman–Crippen MR) is 127 cm³/mol. The Morgan fingerprint density at radius 2 is 1.97 bits per heavy atom. The lowest BCUT2D eigenvalue weighted by atomic mass is 10.0. The molecule has 1 aliphatic rings. The Labute approximate surface area is 190 Å². The number of aromatic nitrogens is 3.